The van der Waals surface area contributed by atoms with Crippen molar-refractivity contribution < 1.29 is 0 Å². The van der Waals surface area contributed by atoms with Crippen molar-refractivity contribution in [3.05, 3.63) is 89.4 Å². The van der Waals surface area contributed by atoms with Gasteiger partial charge < -0.3 is 9.97 Å². The van der Waals surface area contributed by atoms with E-state index < -0.39 is 0 Å². The molecular formula is C20H10N2O4. The largest absolute Gasteiger partial charge is 0.351 e. The Labute approximate surface area is 143 Å². The molecule has 2 N–H and O–H groups in total. The summed E-state index contributed by atoms with van der Waals surface area (Å²) >= 11 is 0. The van der Waals surface area contributed by atoms with E-state index in [2.05, 4.69) is 9.97 Å². The number of aromatic amines is 2. The van der Waals surface area contributed by atoms with E-state index in [0.717, 1.165) is 0 Å². The van der Waals surface area contributed by atoms with Crippen LogP contribution >= 0.6 is 0 Å². The number of H-pyrrole nitrogens is 2. The highest BCUT2D eigenvalue weighted by atomic mass is 16.1. The van der Waals surface area contributed by atoms with Crippen molar-refractivity contribution in [2.75, 3.05) is 0 Å². The van der Waals surface area contributed by atoms with Gasteiger partial charge in [-0.05, 0) is 48.5 Å². The number of aromatic nitrogens is 2. The van der Waals surface area contributed by atoms with Crippen molar-refractivity contribution in [2.45, 2.75) is 0 Å². The van der Waals surface area contributed by atoms with Crippen LogP contribution in [0.3, 0.4) is 0 Å². The Kier molecular flexibility index (Phi) is 2.72. The molecule has 26 heavy (non-hydrogen) atoms. The summed E-state index contributed by atoms with van der Waals surface area (Å²) in [4.78, 5) is 55.1. The third-order valence-electron chi connectivity index (χ3n) is 4.73. The van der Waals surface area contributed by atoms with Crippen LogP contribution in [0.2, 0.25) is 0 Å². The summed E-state index contributed by atoms with van der Waals surface area (Å²) in [6, 6.07) is 11.5. The van der Waals surface area contributed by atoms with Crippen LogP contribution in [0.5, 0.6) is 0 Å². The minimum Gasteiger partial charge on any atom is -0.351 e. The average molecular weight is 342 g/mol. The number of hydrogen-bond donors (Lipinski definition) is 2. The molecule has 0 aliphatic carbocycles. The van der Waals surface area contributed by atoms with E-state index in [4.69, 9.17) is 0 Å². The van der Waals surface area contributed by atoms with Gasteiger partial charge in [-0.2, -0.15) is 0 Å². The fraction of sp³-hybridized carbons (Fsp3) is 0. The molecule has 5 aromatic rings. The molecule has 0 amide bonds. The zero-order valence-corrected chi connectivity index (χ0v) is 13.3. The van der Waals surface area contributed by atoms with Crippen LogP contribution in [0.25, 0.3) is 43.6 Å². The number of nitrogens with one attached hydrogen (secondary N) is 2. The Morgan fingerprint density at radius 2 is 0.846 bits per heavy atom. The van der Waals surface area contributed by atoms with Gasteiger partial charge >= 0.3 is 0 Å². The first-order chi connectivity index (χ1) is 12.5. The second-order valence-corrected chi connectivity index (χ2v) is 6.20. The van der Waals surface area contributed by atoms with Gasteiger partial charge in [0.15, 0.2) is 21.7 Å². The molecule has 0 saturated heterocycles. The summed E-state index contributed by atoms with van der Waals surface area (Å²) in [6.07, 6.45) is 0. The maximum Gasteiger partial charge on any atom is 0.188 e. The summed E-state index contributed by atoms with van der Waals surface area (Å²) in [5.74, 6) is 0. The molecule has 0 saturated carbocycles. The molecule has 0 aliphatic rings. The first kappa shape index (κ1) is 14.5. The quantitative estimate of drug-likeness (QED) is 0.331. The highest BCUT2D eigenvalue weighted by Crippen LogP contribution is 2.24. The van der Waals surface area contributed by atoms with E-state index >= 15 is 0 Å². The van der Waals surface area contributed by atoms with Crippen molar-refractivity contribution in [1.82, 2.24) is 9.97 Å². The Morgan fingerprint density at radius 3 is 1.27 bits per heavy atom. The molecule has 124 valence electrons. The molecule has 0 spiro atoms. The molecule has 5 rings (SSSR count). The Hall–Kier alpha value is -3.80. The maximum absolute atomic E-state index is 12.3. The third-order valence-corrected chi connectivity index (χ3v) is 4.73. The van der Waals surface area contributed by atoms with Crippen molar-refractivity contribution in [1.29, 1.82) is 0 Å². The smallest absolute Gasteiger partial charge is 0.188 e. The Balaban J connectivity index is 2.10. The van der Waals surface area contributed by atoms with Crippen LogP contribution in [0.15, 0.2) is 67.7 Å². The summed E-state index contributed by atoms with van der Waals surface area (Å²) < 4.78 is 0. The zero-order chi connectivity index (χ0) is 18.0. The van der Waals surface area contributed by atoms with Crippen LogP contribution in [0.1, 0.15) is 0 Å². The van der Waals surface area contributed by atoms with Crippen LogP contribution in [0.4, 0.5) is 0 Å². The summed E-state index contributed by atoms with van der Waals surface area (Å²) in [6.45, 7) is 0. The predicted molar refractivity (Wildman–Crippen MR) is 101 cm³/mol. The molecule has 1 heterocycles. The van der Waals surface area contributed by atoms with Gasteiger partial charge in [0.1, 0.15) is 0 Å². The lowest BCUT2D eigenvalue weighted by molar-refractivity contribution is 1.41. The number of rotatable bonds is 0. The van der Waals surface area contributed by atoms with Crippen LogP contribution in [-0.4, -0.2) is 9.97 Å². The lowest BCUT2D eigenvalue weighted by atomic mass is 10.1. The molecule has 0 unspecified atom stereocenters. The summed E-state index contributed by atoms with van der Waals surface area (Å²) in [5.41, 5.74) is 1.12. The van der Waals surface area contributed by atoms with E-state index in [0.29, 0.717) is 43.6 Å². The number of fused-ring (bicyclic) bond motifs is 6. The molecule has 0 fully saturated rings. The van der Waals surface area contributed by atoms with E-state index in [-0.39, 0.29) is 21.7 Å². The molecule has 6 nitrogen and oxygen atoms in total. The maximum atomic E-state index is 12.3. The van der Waals surface area contributed by atoms with E-state index in [1.807, 2.05) is 0 Å². The first-order valence-corrected chi connectivity index (χ1v) is 7.96. The minimum absolute atomic E-state index is 0.230. The molecular weight excluding hydrogens is 332 g/mol. The molecule has 6 heteroatoms. The Morgan fingerprint density at radius 1 is 0.462 bits per heavy atom. The molecule has 0 aliphatic heterocycles. The average Bonchev–Trinajstić information content (AvgIpc) is 2.65. The van der Waals surface area contributed by atoms with E-state index in [9.17, 15) is 19.2 Å². The first-order valence-electron chi connectivity index (χ1n) is 7.96. The van der Waals surface area contributed by atoms with Crippen molar-refractivity contribution in [2.24, 2.45) is 0 Å². The summed E-state index contributed by atoms with van der Waals surface area (Å²) in [5, 5.41) is 1.27. The molecule has 0 radical (unpaired) electrons. The van der Waals surface area contributed by atoms with Gasteiger partial charge in [0.25, 0.3) is 0 Å². The Bertz CT molecular complexity index is 1490. The molecule has 0 atom stereocenters. The second kappa shape index (κ2) is 4.86. The topological polar surface area (TPSA) is 99.9 Å². The fourth-order valence-corrected chi connectivity index (χ4v) is 3.51. The highest BCUT2D eigenvalue weighted by molar-refractivity contribution is 6.10. The monoisotopic (exact) mass is 342 g/mol. The van der Waals surface area contributed by atoms with Crippen molar-refractivity contribution in [3.8, 4) is 0 Å². The van der Waals surface area contributed by atoms with Crippen LogP contribution < -0.4 is 21.7 Å². The van der Waals surface area contributed by atoms with E-state index in [1.165, 1.54) is 24.3 Å². The summed E-state index contributed by atoms with van der Waals surface area (Å²) in [7, 11) is 0. The van der Waals surface area contributed by atoms with Crippen molar-refractivity contribution >= 4 is 43.6 Å². The predicted octanol–water partition coefficient (Wildman–Crippen LogP) is 1.83. The standard InChI is InChI=1S/C20H10N2O4/c23-13-5-7-15(25)17-9(13)1-3-11-19(17)22-12-4-2-10-14(24)6-8-16(26)18(10)20(12)21-11/h1-8,21-22H. The fourth-order valence-electron chi connectivity index (χ4n) is 3.51. The van der Waals surface area contributed by atoms with Gasteiger partial charge in [-0.3, -0.25) is 19.2 Å². The van der Waals surface area contributed by atoms with Gasteiger partial charge in [-0.25, -0.2) is 0 Å². The normalized spacial score (nSPS) is 11.7. The van der Waals surface area contributed by atoms with Gasteiger partial charge in [0.05, 0.1) is 32.8 Å². The van der Waals surface area contributed by atoms with E-state index in [1.54, 1.807) is 24.3 Å². The number of hydrogen-bond acceptors (Lipinski definition) is 4. The molecule has 1 aromatic heterocycles. The molecule has 4 aromatic carbocycles. The lowest BCUT2D eigenvalue weighted by Crippen LogP contribution is -2.11. The number of benzene rings is 4. The second-order valence-electron chi connectivity index (χ2n) is 6.20. The SMILES string of the molecule is O=c1ccc(=O)c2c1ccc1[nH]c3c(ccc4c(=O)ccc(=O)c43)[nH]c12. The lowest BCUT2D eigenvalue weighted by Gasteiger charge is -2.08. The molecule has 0 bridgehead atoms. The van der Waals surface area contributed by atoms with Gasteiger partial charge in [0, 0.05) is 10.8 Å². The van der Waals surface area contributed by atoms with Crippen LogP contribution in [-0.2, 0) is 0 Å². The van der Waals surface area contributed by atoms with Crippen LogP contribution in [0, 0.1) is 0 Å². The zero-order valence-electron chi connectivity index (χ0n) is 13.3. The third kappa shape index (κ3) is 1.81. The van der Waals surface area contributed by atoms with Gasteiger partial charge in [-0.1, -0.05) is 0 Å². The highest BCUT2D eigenvalue weighted by Gasteiger charge is 2.12. The van der Waals surface area contributed by atoms with Gasteiger partial charge in [0.2, 0.25) is 0 Å². The van der Waals surface area contributed by atoms with Gasteiger partial charge in [-0.15, -0.1) is 0 Å². The van der Waals surface area contributed by atoms with Crippen molar-refractivity contribution in [3.63, 3.8) is 0 Å². The minimum atomic E-state index is -0.263.